The van der Waals surface area contributed by atoms with Gasteiger partial charge in [0.25, 0.3) is 0 Å². The molecule has 1 N–H and O–H groups in total. The van der Waals surface area contributed by atoms with Gasteiger partial charge < -0.3 is 5.32 Å². The number of carbonyl (C=O) groups excluding carboxylic acids is 2. The lowest BCUT2D eigenvalue weighted by atomic mass is 10.0. The van der Waals surface area contributed by atoms with Crippen molar-refractivity contribution in [1.29, 1.82) is 0 Å². The van der Waals surface area contributed by atoms with Crippen molar-refractivity contribution in [1.82, 2.24) is 9.97 Å². The van der Waals surface area contributed by atoms with E-state index in [1.807, 2.05) is 30.3 Å². The molecular weight excluding hydrogens is 314 g/mol. The summed E-state index contributed by atoms with van der Waals surface area (Å²) in [7, 11) is 0. The first-order chi connectivity index (χ1) is 11.2. The van der Waals surface area contributed by atoms with Crippen LogP contribution in [0.15, 0.2) is 48.7 Å². The molecule has 2 aromatic carbocycles. The Bertz CT molecular complexity index is 896. The predicted molar refractivity (Wildman–Crippen MR) is 89.7 cm³/mol. The van der Waals surface area contributed by atoms with Crippen molar-refractivity contribution >= 4 is 40.3 Å². The molecule has 1 heterocycles. The minimum Gasteiger partial charge on any atom is -0.324 e. The van der Waals surface area contributed by atoms with Crippen LogP contribution < -0.4 is 5.32 Å². The van der Waals surface area contributed by atoms with E-state index in [-0.39, 0.29) is 11.8 Å². The molecule has 1 aromatic heterocycles. The first kappa shape index (κ1) is 15.1. The van der Waals surface area contributed by atoms with Gasteiger partial charge in [-0.15, -0.1) is 11.6 Å². The van der Waals surface area contributed by atoms with E-state index < -0.39 is 0 Å². The molecule has 0 unspecified atom stereocenters. The van der Waals surface area contributed by atoms with Gasteiger partial charge in [-0.05, 0) is 23.6 Å². The lowest BCUT2D eigenvalue weighted by Gasteiger charge is -2.09. The first-order valence-electron chi connectivity index (χ1n) is 6.88. The summed E-state index contributed by atoms with van der Waals surface area (Å²) in [5, 5.41) is 4.58. The summed E-state index contributed by atoms with van der Waals surface area (Å²) in [6, 6.07) is 12.8. The van der Waals surface area contributed by atoms with Crippen molar-refractivity contribution in [2.75, 3.05) is 11.2 Å². The molecule has 0 aliphatic heterocycles. The number of halogens is 1. The van der Waals surface area contributed by atoms with E-state index in [0.29, 0.717) is 23.5 Å². The molecule has 6 heteroatoms. The van der Waals surface area contributed by atoms with Crippen LogP contribution >= 0.6 is 11.6 Å². The molecular formula is C17H12ClN3O2. The number of alkyl halides is 1. The normalized spacial score (nSPS) is 10.5. The van der Waals surface area contributed by atoms with Crippen molar-refractivity contribution in [3.05, 3.63) is 54.4 Å². The third kappa shape index (κ3) is 3.19. The lowest BCUT2D eigenvalue weighted by Crippen LogP contribution is -2.12. The molecule has 114 valence electrons. The number of benzene rings is 2. The number of aldehydes is 1. The fourth-order valence-corrected chi connectivity index (χ4v) is 2.35. The molecule has 0 aliphatic rings. The van der Waals surface area contributed by atoms with Gasteiger partial charge in [0.15, 0.2) is 12.1 Å². The zero-order chi connectivity index (χ0) is 16.2. The van der Waals surface area contributed by atoms with Crippen molar-refractivity contribution < 1.29 is 9.59 Å². The summed E-state index contributed by atoms with van der Waals surface area (Å²) >= 11 is 5.55. The smallest absolute Gasteiger partial charge is 0.239 e. The number of amides is 1. The Balaban J connectivity index is 2.11. The standard InChI is InChI=1S/C17H12ClN3O2/c18-9-16(23)21-15-3-1-2-11-4-5-12(8-14(11)15)17-19-7-6-13(10-22)20-17/h1-8,10H,9H2,(H,21,23). The lowest BCUT2D eigenvalue weighted by molar-refractivity contribution is -0.113. The summed E-state index contributed by atoms with van der Waals surface area (Å²) in [6.07, 6.45) is 2.22. The fourth-order valence-electron chi connectivity index (χ4n) is 2.28. The molecule has 0 saturated heterocycles. The van der Waals surface area contributed by atoms with Crippen LogP contribution in [0.5, 0.6) is 0 Å². The van der Waals surface area contributed by atoms with E-state index in [2.05, 4.69) is 15.3 Å². The molecule has 0 atom stereocenters. The quantitative estimate of drug-likeness (QED) is 0.590. The second-order valence-electron chi connectivity index (χ2n) is 4.85. The molecule has 3 rings (SSSR count). The predicted octanol–water partition coefficient (Wildman–Crippen LogP) is 3.29. The Hall–Kier alpha value is -2.79. The van der Waals surface area contributed by atoms with Crippen molar-refractivity contribution in [2.24, 2.45) is 0 Å². The van der Waals surface area contributed by atoms with Crippen molar-refractivity contribution in [2.45, 2.75) is 0 Å². The van der Waals surface area contributed by atoms with E-state index in [4.69, 9.17) is 11.6 Å². The number of nitrogens with zero attached hydrogens (tertiary/aromatic N) is 2. The molecule has 0 bridgehead atoms. The second-order valence-corrected chi connectivity index (χ2v) is 5.11. The molecule has 0 saturated carbocycles. The minimum absolute atomic E-state index is 0.111. The number of nitrogens with one attached hydrogen (secondary N) is 1. The molecule has 5 nitrogen and oxygen atoms in total. The number of fused-ring (bicyclic) bond motifs is 1. The summed E-state index contributed by atoms with van der Waals surface area (Å²) in [5.41, 5.74) is 1.74. The Labute approximate surface area is 137 Å². The van der Waals surface area contributed by atoms with Gasteiger partial charge in [-0.3, -0.25) is 9.59 Å². The number of hydrogen-bond donors (Lipinski definition) is 1. The highest BCUT2D eigenvalue weighted by atomic mass is 35.5. The van der Waals surface area contributed by atoms with Crippen LogP contribution in [0, 0.1) is 0 Å². The molecule has 0 aliphatic carbocycles. The van der Waals surface area contributed by atoms with E-state index in [1.165, 1.54) is 6.20 Å². The van der Waals surface area contributed by atoms with Gasteiger partial charge in [0.1, 0.15) is 11.6 Å². The molecule has 23 heavy (non-hydrogen) atoms. The molecule has 0 spiro atoms. The maximum atomic E-state index is 11.6. The largest absolute Gasteiger partial charge is 0.324 e. The number of anilines is 1. The third-order valence-electron chi connectivity index (χ3n) is 3.33. The zero-order valence-corrected chi connectivity index (χ0v) is 12.7. The average molecular weight is 326 g/mol. The fraction of sp³-hybridized carbons (Fsp3) is 0.0588. The topological polar surface area (TPSA) is 72.0 Å². The monoisotopic (exact) mass is 325 g/mol. The minimum atomic E-state index is -0.274. The molecule has 0 radical (unpaired) electrons. The second kappa shape index (κ2) is 6.54. The Kier molecular flexibility index (Phi) is 4.30. The molecule has 3 aromatic rings. The summed E-state index contributed by atoms with van der Waals surface area (Å²) in [4.78, 5) is 30.8. The van der Waals surface area contributed by atoms with Gasteiger partial charge in [-0.2, -0.15) is 0 Å². The third-order valence-corrected chi connectivity index (χ3v) is 3.58. The van der Waals surface area contributed by atoms with Crippen LogP contribution in [0.25, 0.3) is 22.2 Å². The Morgan fingerprint density at radius 3 is 2.87 bits per heavy atom. The number of hydrogen-bond acceptors (Lipinski definition) is 4. The van der Waals surface area contributed by atoms with Crippen LogP contribution in [0.3, 0.4) is 0 Å². The average Bonchev–Trinajstić information content (AvgIpc) is 2.61. The summed E-state index contributed by atoms with van der Waals surface area (Å²) in [6.45, 7) is 0. The van der Waals surface area contributed by atoms with Crippen LogP contribution in [0.1, 0.15) is 10.5 Å². The Morgan fingerprint density at radius 1 is 1.22 bits per heavy atom. The van der Waals surface area contributed by atoms with E-state index in [0.717, 1.165) is 16.3 Å². The maximum absolute atomic E-state index is 11.6. The number of aromatic nitrogens is 2. The van der Waals surface area contributed by atoms with E-state index >= 15 is 0 Å². The highest BCUT2D eigenvalue weighted by molar-refractivity contribution is 6.29. The van der Waals surface area contributed by atoms with Crippen LogP contribution in [-0.4, -0.2) is 28.0 Å². The van der Waals surface area contributed by atoms with Crippen LogP contribution in [-0.2, 0) is 4.79 Å². The van der Waals surface area contributed by atoms with Gasteiger partial charge in [0, 0.05) is 22.8 Å². The van der Waals surface area contributed by atoms with Gasteiger partial charge in [0.05, 0.1) is 0 Å². The molecule has 0 fully saturated rings. The maximum Gasteiger partial charge on any atom is 0.239 e. The van der Waals surface area contributed by atoms with Crippen LogP contribution in [0.2, 0.25) is 0 Å². The Morgan fingerprint density at radius 2 is 2.09 bits per heavy atom. The van der Waals surface area contributed by atoms with E-state index in [1.54, 1.807) is 12.1 Å². The number of carbonyl (C=O) groups is 2. The summed E-state index contributed by atoms with van der Waals surface area (Å²) < 4.78 is 0. The zero-order valence-electron chi connectivity index (χ0n) is 12.0. The van der Waals surface area contributed by atoms with Crippen LogP contribution in [0.4, 0.5) is 5.69 Å². The highest BCUT2D eigenvalue weighted by Crippen LogP contribution is 2.28. The SMILES string of the molecule is O=Cc1ccnc(-c2ccc3cccc(NC(=O)CCl)c3c2)n1. The van der Waals surface area contributed by atoms with Gasteiger partial charge in [0.2, 0.25) is 5.91 Å². The van der Waals surface area contributed by atoms with E-state index in [9.17, 15) is 9.59 Å². The highest BCUT2D eigenvalue weighted by Gasteiger charge is 2.08. The van der Waals surface area contributed by atoms with Gasteiger partial charge >= 0.3 is 0 Å². The van der Waals surface area contributed by atoms with Gasteiger partial charge in [-0.1, -0.05) is 24.3 Å². The van der Waals surface area contributed by atoms with Crippen molar-refractivity contribution in [3.63, 3.8) is 0 Å². The summed E-state index contributed by atoms with van der Waals surface area (Å²) in [5.74, 6) is 0.0688. The molecule has 1 amide bonds. The van der Waals surface area contributed by atoms with Crippen molar-refractivity contribution in [3.8, 4) is 11.4 Å². The number of rotatable bonds is 4. The van der Waals surface area contributed by atoms with Gasteiger partial charge in [-0.25, -0.2) is 9.97 Å². The first-order valence-corrected chi connectivity index (χ1v) is 7.42.